The zero-order valence-electron chi connectivity index (χ0n) is 16.1. The average molecular weight is 345 g/mol. The average Bonchev–Trinajstić information content (AvgIpc) is 2.96. The van der Waals surface area contributed by atoms with E-state index in [0.717, 1.165) is 11.4 Å². The maximum atomic E-state index is 5.28. The number of ether oxygens (including phenoxy) is 1. The summed E-state index contributed by atoms with van der Waals surface area (Å²) in [5, 5.41) is 0. The number of rotatable bonds is 3. The third kappa shape index (κ3) is 2.51. The second-order valence-corrected chi connectivity index (χ2v) is 8.31. The van der Waals surface area contributed by atoms with E-state index < -0.39 is 0 Å². The van der Waals surface area contributed by atoms with Crippen molar-refractivity contribution < 1.29 is 4.74 Å². The number of hydrogen-bond acceptors (Lipinski definition) is 2. The number of aliphatic imine (C=N–C) groups is 1. The van der Waals surface area contributed by atoms with Gasteiger partial charge in [-0.1, -0.05) is 51.1 Å². The molecule has 2 heteroatoms. The zero-order chi connectivity index (χ0) is 18.4. The molecule has 2 fully saturated rings. The third-order valence-electron chi connectivity index (χ3n) is 6.83. The molecule has 2 bridgehead atoms. The van der Waals surface area contributed by atoms with Gasteiger partial charge in [0, 0.05) is 5.41 Å². The molecule has 2 saturated carbocycles. The summed E-state index contributed by atoms with van der Waals surface area (Å²) in [5.74, 6) is 1.44. The van der Waals surface area contributed by atoms with Crippen molar-refractivity contribution in [1.29, 1.82) is 0 Å². The Balaban J connectivity index is 1.83. The van der Waals surface area contributed by atoms with E-state index in [1.807, 2.05) is 24.3 Å². The van der Waals surface area contributed by atoms with Crippen molar-refractivity contribution in [2.75, 3.05) is 7.11 Å². The quantitative estimate of drug-likeness (QED) is 0.639. The second-order valence-electron chi connectivity index (χ2n) is 8.31. The third-order valence-corrected chi connectivity index (χ3v) is 6.83. The van der Waals surface area contributed by atoms with Crippen LogP contribution in [0.25, 0.3) is 6.08 Å². The summed E-state index contributed by atoms with van der Waals surface area (Å²) in [4.78, 5) is 5.15. The maximum Gasteiger partial charge on any atom is 0.119 e. The molecule has 0 N–H and O–H groups in total. The summed E-state index contributed by atoms with van der Waals surface area (Å²) in [5.41, 5.74) is 5.32. The Morgan fingerprint density at radius 3 is 2.35 bits per heavy atom. The normalized spacial score (nSPS) is 29.5. The fourth-order valence-corrected chi connectivity index (χ4v) is 4.82. The first-order valence-electron chi connectivity index (χ1n) is 9.46. The van der Waals surface area contributed by atoms with Crippen LogP contribution in [-0.4, -0.2) is 12.8 Å². The van der Waals surface area contributed by atoms with E-state index in [4.69, 9.17) is 9.73 Å². The molecule has 2 nitrogen and oxygen atoms in total. The lowest BCUT2D eigenvalue weighted by atomic mass is 9.70. The van der Waals surface area contributed by atoms with Crippen LogP contribution in [0.2, 0.25) is 0 Å². The lowest BCUT2D eigenvalue weighted by Crippen LogP contribution is -2.32. The summed E-state index contributed by atoms with van der Waals surface area (Å²) >= 11 is 0. The summed E-state index contributed by atoms with van der Waals surface area (Å²) in [6.07, 6.45) is 4.83. The number of hydrogen-bond donors (Lipinski definition) is 0. The van der Waals surface area contributed by atoms with Gasteiger partial charge in [-0.05, 0) is 65.7 Å². The van der Waals surface area contributed by atoms with Crippen molar-refractivity contribution in [2.45, 2.75) is 33.6 Å². The standard InChI is InChI=1S/C24H27NO/c1-23(2)21-14-15-24(23,3)22(20(21)16-17-8-6-5-7-9-17)25-18-10-12-19(26-4)13-11-18/h5-13,16,21H,14-15H2,1-4H3/b20-16+,25-22?. The van der Waals surface area contributed by atoms with Gasteiger partial charge in [0.15, 0.2) is 0 Å². The number of methoxy groups -OCH3 is 1. The minimum absolute atomic E-state index is 0.123. The molecule has 2 aromatic carbocycles. The van der Waals surface area contributed by atoms with Crippen LogP contribution in [-0.2, 0) is 0 Å². The topological polar surface area (TPSA) is 21.6 Å². The van der Waals surface area contributed by atoms with Crippen LogP contribution >= 0.6 is 0 Å². The molecule has 2 aliphatic rings. The van der Waals surface area contributed by atoms with Gasteiger partial charge >= 0.3 is 0 Å². The van der Waals surface area contributed by atoms with Gasteiger partial charge < -0.3 is 4.74 Å². The first kappa shape index (κ1) is 17.1. The van der Waals surface area contributed by atoms with E-state index in [0.29, 0.717) is 5.92 Å². The molecule has 0 heterocycles. The van der Waals surface area contributed by atoms with E-state index in [-0.39, 0.29) is 10.8 Å². The fourth-order valence-electron chi connectivity index (χ4n) is 4.82. The summed E-state index contributed by atoms with van der Waals surface area (Å²) < 4.78 is 5.28. The first-order valence-corrected chi connectivity index (χ1v) is 9.46. The molecule has 26 heavy (non-hydrogen) atoms. The Morgan fingerprint density at radius 2 is 1.69 bits per heavy atom. The molecule has 0 saturated heterocycles. The highest BCUT2D eigenvalue weighted by molar-refractivity contribution is 6.12. The number of nitrogens with zero attached hydrogens (tertiary/aromatic N) is 1. The van der Waals surface area contributed by atoms with Gasteiger partial charge in [0.2, 0.25) is 0 Å². The van der Waals surface area contributed by atoms with Crippen LogP contribution < -0.4 is 4.74 Å². The molecule has 2 unspecified atom stereocenters. The van der Waals surface area contributed by atoms with Gasteiger partial charge in [0.1, 0.15) is 5.75 Å². The molecule has 0 radical (unpaired) electrons. The SMILES string of the molecule is COc1ccc(N=C2/C(=C/c3ccccc3)C3CCC2(C)C3(C)C)cc1. The van der Waals surface area contributed by atoms with Crippen LogP contribution in [0.1, 0.15) is 39.2 Å². The minimum atomic E-state index is 0.123. The molecule has 2 aliphatic carbocycles. The van der Waals surface area contributed by atoms with Gasteiger partial charge in [-0.3, -0.25) is 4.99 Å². The van der Waals surface area contributed by atoms with Crippen LogP contribution in [0, 0.1) is 16.7 Å². The van der Waals surface area contributed by atoms with Crippen molar-refractivity contribution in [2.24, 2.45) is 21.7 Å². The van der Waals surface area contributed by atoms with Crippen LogP contribution in [0.5, 0.6) is 5.75 Å². The molecule has 134 valence electrons. The van der Waals surface area contributed by atoms with E-state index in [1.54, 1.807) is 7.11 Å². The molecule has 2 atom stereocenters. The Bertz CT molecular complexity index is 861. The predicted molar refractivity (Wildman–Crippen MR) is 109 cm³/mol. The van der Waals surface area contributed by atoms with Gasteiger partial charge in [-0.25, -0.2) is 0 Å². The Kier molecular flexibility index (Phi) is 4.02. The molecule has 0 aromatic heterocycles. The monoisotopic (exact) mass is 345 g/mol. The molecule has 0 spiro atoms. The maximum absolute atomic E-state index is 5.28. The van der Waals surface area contributed by atoms with E-state index in [9.17, 15) is 0 Å². The van der Waals surface area contributed by atoms with Gasteiger partial charge in [-0.2, -0.15) is 0 Å². The van der Waals surface area contributed by atoms with Crippen LogP contribution in [0.15, 0.2) is 65.2 Å². The van der Waals surface area contributed by atoms with Gasteiger partial charge in [0.25, 0.3) is 0 Å². The van der Waals surface area contributed by atoms with Crippen molar-refractivity contribution >= 4 is 17.5 Å². The molecule has 4 rings (SSSR count). The van der Waals surface area contributed by atoms with Gasteiger partial charge in [0.05, 0.1) is 18.5 Å². The zero-order valence-corrected chi connectivity index (χ0v) is 16.1. The van der Waals surface area contributed by atoms with E-state index >= 15 is 0 Å². The minimum Gasteiger partial charge on any atom is -0.497 e. The molecule has 0 amide bonds. The highest BCUT2D eigenvalue weighted by atomic mass is 16.5. The summed E-state index contributed by atoms with van der Waals surface area (Å²) in [6.45, 7) is 7.24. The summed E-state index contributed by atoms with van der Waals surface area (Å²) in [7, 11) is 1.70. The smallest absolute Gasteiger partial charge is 0.119 e. The molecule has 0 aliphatic heterocycles. The molecular weight excluding hydrogens is 318 g/mol. The highest BCUT2D eigenvalue weighted by Gasteiger charge is 2.62. The van der Waals surface area contributed by atoms with Crippen molar-refractivity contribution in [3.05, 3.63) is 65.7 Å². The Labute approximate surface area is 156 Å². The van der Waals surface area contributed by atoms with Crippen LogP contribution in [0.4, 0.5) is 5.69 Å². The Morgan fingerprint density at radius 1 is 1.00 bits per heavy atom. The van der Waals surface area contributed by atoms with E-state index in [2.05, 4.69) is 57.2 Å². The highest BCUT2D eigenvalue weighted by Crippen LogP contribution is 2.66. The largest absolute Gasteiger partial charge is 0.497 e. The van der Waals surface area contributed by atoms with E-state index in [1.165, 1.54) is 29.7 Å². The lowest BCUT2D eigenvalue weighted by Gasteiger charge is -2.34. The number of benzene rings is 2. The first-order chi connectivity index (χ1) is 12.5. The molecular formula is C24H27NO. The van der Waals surface area contributed by atoms with Crippen molar-refractivity contribution in [1.82, 2.24) is 0 Å². The van der Waals surface area contributed by atoms with Crippen molar-refractivity contribution in [3.8, 4) is 5.75 Å². The fraction of sp³-hybridized carbons (Fsp3) is 0.375. The number of allylic oxidation sites excluding steroid dienone is 1. The molecule has 2 aromatic rings. The van der Waals surface area contributed by atoms with Crippen LogP contribution in [0.3, 0.4) is 0 Å². The summed E-state index contributed by atoms with van der Waals surface area (Å²) in [6, 6.07) is 18.7. The lowest BCUT2D eigenvalue weighted by molar-refractivity contribution is 0.203. The second kappa shape index (κ2) is 6.12. The Hall–Kier alpha value is -2.35. The number of fused-ring (bicyclic) bond motifs is 2. The van der Waals surface area contributed by atoms with Crippen molar-refractivity contribution in [3.63, 3.8) is 0 Å². The predicted octanol–water partition coefficient (Wildman–Crippen LogP) is 6.31. The van der Waals surface area contributed by atoms with Gasteiger partial charge in [-0.15, -0.1) is 0 Å².